The number of amides is 1. The van der Waals surface area contributed by atoms with Crippen molar-refractivity contribution in [1.29, 1.82) is 0 Å². The van der Waals surface area contributed by atoms with Gasteiger partial charge in [0.25, 0.3) is 0 Å². The van der Waals surface area contributed by atoms with Gasteiger partial charge in [0.1, 0.15) is 5.75 Å². The average Bonchev–Trinajstić information content (AvgIpc) is 3.01. The van der Waals surface area contributed by atoms with Crippen LogP contribution in [0.2, 0.25) is 0 Å². The second-order valence-electron chi connectivity index (χ2n) is 7.19. The van der Waals surface area contributed by atoms with Crippen LogP contribution in [0, 0.1) is 0 Å². The van der Waals surface area contributed by atoms with Crippen LogP contribution < -0.4 is 10.1 Å². The highest BCUT2D eigenvalue weighted by Crippen LogP contribution is 2.30. The highest BCUT2D eigenvalue weighted by molar-refractivity contribution is 8.00. The van der Waals surface area contributed by atoms with Gasteiger partial charge >= 0.3 is 0 Å². The van der Waals surface area contributed by atoms with Gasteiger partial charge in [0, 0.05) is 4.90 Å². The largest absolute Gasteiger partial charge is 0.494 e. The molecule has 1 N–H and O–H groups in total. The number of nitrogens with zero attached hydrogens (tertiary/aromatic N) is 1. The summed E-state index contributed by atoms with van der Waals surface area (Å²) in [4.78, 5) is 17.8. The third kappa shape index (κ3) is 5.23. The van der Waals surface area contributed by atoms with Crippen LogP contribution in [0.1, 0.15) is 33.3 Å². The number of aromatic nitrogens is 1. The number of thiazole rings is 1. The molecule has 0 saturated heterocycles. The molecule has 0 unspecified atom stereocenters. The van der Waals surface area contributed by atoms with Gasteiger partial charge in [-0.3, -0.25) is 4.79 Å². The zero-order valence-electron chi connectivity index (χ0n) is 16.0. The van der Waals surface area contributed by atoms with E-state index in [2.05, 4.69) is 55.3 Å². The molecule has 2 aromatic carbocycles. The number of thioether (sulfide) groups is 1. The second kappa shape index (κ2) is 8.31. The number of nitrogens with one attached hydrogen (secondary N) is 1. The van der Waals surface area contributed by atoms with Crippen LogP contribution in [-0.2, 0) is 10.2 Å². The standard InChI is InChI=1S/C21H24N2O2S2/c1-5-25-15-8-11-17-18(12-15)27-20(22-17)23-19(24)13-26-16-9-6-14(7-10-16)21(2,3)4/h6-12H,5,13H2,1-4H3,(H,22,23,24). The molecule has 0 aliphatic carbocycles. The summed E-state index contributed by atoms with van der Waals surface area (Å²) in [5.74, 6) is 1.12. The Balaban J connectivity index is 1.58. The third-order valence-corrected chi connectivity index (χ3v) is 5.95. The molecule has 3 aromatic rings. The molecule has 0 atom stereocenters. The first-order valence-electron chi connectivity index (χ1n) is 8.92. The lowest BCUT2D eigenvalue weighted by Crippen LogP contribution is -2.13. The molecule has 0 aliphatic heterocycles. The first-order chi connectivity index (χ1) is 12.8. The van der Waals surface area contributed by atoms with Gasteiger partial charge in [-0.2, -0.15) is 0 Å². The lowest BCUT2D eigenvalue weighted by atomic mass is 9.87. The number of ether oxygens (including phenoxy) is 1. The molecule has 27 heavy (non-hydrogen) atoms. The molecule has 6 heteroatoms. The van der Waals surface area contributed by atoms with Crippen LogP contribution in [0.3, 0.4) is 0 Å². The lowest BCUT2D eigenvalue weighted by Gasteiger charge is -2.19. The molecule has 0 bridgehead atoms. The highest BCUT2D eigenvalue weighted by Gasteiger charge is 2.13. The van der Waals surface area contributed by atoms with Crippen molar-refractivity contribution in [1.82, 2.24) is 4.98 Å². The van der Waals surface area contributed by atoms with Crippen LogP contribution in [-0.4, -0.2) is 23.3 Å². The molecule has 0 spiro atoms. The predicted molar refractivity (Wildman–Crippen MR) is 115 cm³/mol. The molecule has 0 radical (unpaired) electrons. The van der Waals surface area contributed by atoms with E-state index in [1.54, 1.807) is 0 Å². The Hall–Kier alpha value is -2.05. The summed E-state index contributed by atoms with van der Waals surface area (Å²) in [6.07, 6.45) is 0. The van der Waals surface area contributed by atoms with E-state index in [-0.39, 0.29) is 11.3 Å². The fraction of sp³-hybridized carbons (Fsp3) is 0.333. The Morgan fingerprint density at radius 3 is 2.59 bits per heavy atom. The Labute approximate surface area is 168 Å². The van der Waals surface area contributed by atoms with Gasteiger partial charge in [-0.25, -0.2) is 4.98 Å². The molecular formula is C21H24N2O2S2. The van der Waals surface area contributed by atoms with Gasteiger partial charge in [0.2, 0.25) is 5.91 Å². The van der Waals surface area contributed by atoms with Gasteiger partial charge < -0.3 is 10.1 Å². The summed E-state index contributed by atoms with van der Waals surface area (Å²) in [6.45, 7) is 9.16. The molecule has 1 heterocycles. The van der Waals surface area contributed by atoms with E-state index < -0.39 is 0 Å². The van der Waals surface area contributed by atoms with Crippen molar-refractivity contribution in [2.75, 3.05) is 17.7 Å². The molecular weight excluding hydrogens is 376 g/mol. The number of hydrogen-bond acceptors (Lipinski definition) is 5. The zero-order valence-corrected chi connectivity index (χ0v) is 17.7. The van der Waals surface area contributed by atoms with Gasteiger partial charge in [0.15, 0.2) is 5.13 Å². The second-order valence-corrected chi connectivity index (χ2v) is 9.27. The van der Waals surface area contributed by atoms with Crippen LogP contribution in [0.25, 0.3) is 10.2 Å². The fourth-order valence-corrected chi connectivity index (χ4v) is 4.18. The van der Waals surface area contributed by atoms with Crippen LogP contribution in [0.4, 0.5) is 5.13 Å². The summed E-state index contributed by atoms with van der Waals surface area (Å²) < 4.78 is 6.51. The molecule has 1 aromatic heterocycles. The Bertz CT molecular complexity index is 927. The fourth-order valence-electron chi connectivity index (χ4n) is 2.57. The number of anilines is 1. The monoisotopic (exact) mass is 400 g/mol. The van der Waals surface area contributed by atoms with Crippen LogP contribution in [0.5, 0.6) is 5.75 Å². The predicted octanol–water partition coefficient (Wildman–Crippen LogP) is 5.72. The van der Waals surface area contributed by atoms with E-state index in [0.717, 1.165) is 20.9 Å². The topological polar surface area (TPSA) is 51.2 Å². The van der Waals surface area contributed by atoms with E-state index in [1.807, 2.05) is 25.1 Å². The molecule has 3 rings (SSSR count). The quantitative estimate of drug-likeness (QED) is 0.537. The summed E-state index contributed by atoms with van der Waals surface area (Å²) >= 11 is 2.99. The minimum absolute atomic E-state index is 0.0519. The van der Waals surface area contributed by atoms with Gasteiger partial charge in [0.05, 0.1) is 22.6 Å². The van der Waals surface area contributed by atoms with Gasteiger partial charge in [-0.15, -0.1) is 11.8 Å². The Morgan fingerprint density at radius 2 is 1.93 bits per heavy atom. The van der Waals surface area contributed by atoms with Crippen LogP contribution >= 0.6 is 23.1 Å². The lowest BCUT2D eigenvalue weighted by molar-refractivity contribution is -0.113. The van der Waals surface area contributed by atoms with E-state index in [0.29, 0.717) is 17.5 Å². The Kier molecular flexibility index (Phi) is 6.07. The maximum atomic E-state index is 12.3. The van der Waals surface area contributed by atoms with Crippen LogP contribution in [0.15, 0.2) is 47.4 Å². The zero-order chi connectivity index (χ0) is 19.4. The number of carbonyl (C=O) groups is 1. The number of benzene rings is 2. The van der Waals surface area contributed by atoms with Crippen molar-refractivity contribution in [2.24, 2.45) is 0 Å². The third-order valence-electron chi connectivity index (χ3n) is 4.01. The number of hydrogen-bond donors (Lipinski definition) is 1. The van der Waals surface area contributed by atoms with Crippen molar-refractivity contribution in [3.8, 4) is 5.75 Å². The summed E-state index contributed by atoms with van der Waals surface area (Å²) in [6, 6.07) is 14.2. The molecule has 0 saturated carbocycles. The smallest absolute Gasteiger partial charge is 0.236 e. The molecule has 0 fully saturated rings. The van der Waals surface area contributed by atoms with E-state index in [1.165, 1.54) is 28.7 Å². The molecule has 4 nitrogen and oxygen atoms in total. The van der Waals surface area contributed by atoms with Crippen molar-refractivity contribution >= 4 is 44.4 Å². The van der Waals surface area contributed by atoms with Gasteiger partial charge in [-0.1, -0.05) is 44.2 Å². The number of fused-ring (bicyclic) bond motifs is 1. The molecule has 0 aliphatic rings. The first kappa shape index (κ1) is 19.7. The summed E-state index contributed by atoms with van der Waals surface area (Å²) in [5, 5.41) is 3.51. The van der Waals surface area contributed by atoms with E-state index in [9.17, 15) is 4.79 Å². The normalized spacial score (nSPS) is 11.6. The highest BCUT2D eigenvalue weighted by atomic mass is 32.2. The maximum Gasteiger partial charge on any atom is 0.236 e. The first-order valence-corrected chi connectivity index (χ1v) is 10.7. The van der Waals surface area contributed by atoms with Gasteiger partial charge in [-0.05, 0) is 48.2 Å². The minimum atomic E-state index is -0.0519. The maximum absolute atomic E-state index is 12.3. The minimum Gasteiger partial charge on any atom is -0.494 e. The van der Waals surface area contributed by atoms with E-state index in [4.69, 9.17) is 4.74 Å². The summed E-state index contributed by atoms with van der Waals surface area (Å²) in [7, 11) is 0. The average molecular weight is 401 g/mol. The summed E-state index contributed by atoms with van der Waals surface area (Å²) in [5.41, 5.74) is 2.29. The van der Waals surface area contributed by atoms with Crippen molar-refractivity contribution in [3.05, 3.63) is 48.0 Å². The van der Waals surface area contributed by atoms with E-state index >= 15 is 0 Å². The molecule has 142 valence electrons. The molecule has 1 amide bonds. The SMILES string of the molecule is CCOc1ccc2nc(NC(=O)CSc3ccc(C(C)(C)C)cc3)sc2c1. The van der Waals surface area contributed by atoms with Crippen molar-refractivity contribution in [2.45, 2.75) is 38.0 Å². The van der Waals surface area contributed by atoms with Crippen molar-refractivity contribution in [3.63, 3.8) is 0 Å². The number of rotatable bonds is 6. The van der Waals surface area contributed by atoms with Crippen molar-refractivity contribution < 1.29 is 9.53 Å². The number of carbonyl (C=O) groups excluding carboxylic acids is 1. The Morgan fingerprint density at radius 1 is 1.19 bits per heavy atom.